The molecule has 0 radical (unpaired) electrons. The first-order valence-corrected chi connectivity index (χ1v) is 9.19. The van der Waals surface area contributed by atoms with Crippen LogP contribution in [0.4, 0.5) is 0 Å². The smallest absolute Gasteiger partial charge is 0.240 e. The van der Waals surface area contributed by atoms with Gasteiger partial charge in [0.15, 0.2) is 0 Å². The summed E-state index contributed by atoms with van der Waals surface area (Å²) in [5.41, 5.74) is 1.69. The molecular formula is C19H15N3O3S. The monoisotopic (exact) mass is 365 g/mol. The summed E-state index contributed by atoms with van der Waals surface area (Å²) in [6.45, 7) is 0. The molecule has 0 amide bonds. The number of hydrogen-bond donors (Lipinski definition) is 1. The molecule has 0 unspecified atom stereocenters. The highest BCUT2D eigenvalue weighted by molar-refractivity contribution is 7.89. The molecule has 1 aromatic carbocycles. The topological polar surface area (TPSA) is 96.0 Å². The van der Waals surface area contributed by atoms with Gasteiger partial charge in [-0.15, -0.1) is 0 Å². The fraction of sp³-hybridized carbons (Fsp3) is 0.0526. The summed E-state index contributed by atoms with van der Waals surface area (Å²) in [5, 5.41) is 9.33. The van der Waals surface area contributed by atoms with E-state index in [1.54, 1.807) is 48.7 Å². The van der Waals surface area contributed by atoms with Gasteiger partial charge in [-0.05, 0) is 55.6 Å². The summed E-state index contributed by atoms with van der Waals surface area (Å²) >= 11 is 0. The van der Waals surface area contributed by atoms with E-state index >= 15 is 0 Å². The molecule has 0 saturated carbocycles. The first kappa shape index (κ1) is 17.6. The third-order valence-electron chi connectivity index (χ3n) is 3.69. The second-order valence-electron chi connectivity index (χ2n) is 5.32. The van der Waals surface area contributed by atoms with Crippen molar-refractivity contribution in [2.75, 3.05) is 7.05 Å². The van der Waals surface area contributed by atoms with E-state index in [2.05, 4.69) is 15.8 Å². The summed E-state index contributed by atoms with van der Waals surface area (Å²) in [4.78, 5) is 4.33. The van der Waals surface area contributed by atoms with Crippen LogP contribution < -0.4 is 4.72 Å². The Labute approximate surface area is 151 Å². The van der Waals surface area contributed by atoms with E-state index in [4.69, 9.17) is 4.42 Å². The molecule has 7 heteroatoms. The van der Waals surface area contributed by atoms with Crippen molar-refractivity contribution < 1.29 is 12.8 Å². The summed E-state index contributed by atoms with van der Waals surface area (Å²) in [6.07, 6.45) is 3.24. The van der Waals surface area contributed by atoms with Crippen molar-refractivity contribution in [1.29, 1.82) is 5.26 Å². The Bertz CT molecular complexity index is 1080. The number of benzene rings is 1. The number of rotatable bonds is 5. The van der Waals surface area contributed by atoms with Crippen LogP contribution in [0.25, 0.3) is 23.0 Å². The molecule has 0 spiro atoms. The molecule has 0 saturated heterocycles. The molecule has 0 fully saturated rings. The molecule has 0 bridgehead atoms. The van der Waals surface area contributed by atoms with Gasteiger partial charge in [0.05, 0.1) is 16.2 Å². The summed E-state index contributed by atoms with van der Waals surface area (Å²) in [6, 6.07) is 17.3. The Morgan fingerprint density at radius 3 is 2.54 bits per heavy atom. The van der Waals surface area contributed by atoms with E-state index < -0.39 is 10.0 Å². The molecule has 2 heterocycles. The number of sulfonamides is 1. The van der Waals surface area contributed by atoms with Gasteiger partial charge >= 0.3 is 0 Å². The van der Waals surface area contributed by atoms with E-state index in [1.165, 1.54) is 19.2 Å². The van der Waals surface area contributed by atoms with Crippen LogP contribution in [0, 0.1) is 11.3 Å². The summed E-state index contributed by atoms with van der Waals surface area (Å²) in [5.74, 6) is 1.08. The molecule has 6 nitrogen and oxygen atoms in total. The number of aromatic nitrogens is 1. The number of nitriles is 1. The number of nitrogens with one attached hydrogen (secondary N) is 1. The molecule has 130 valence electrons. The Balaban J connectivity index is 1.88. The molecule has 0 aliphatic carbocycles. The summed E-state index contributed by atoms with van der Waals surface area (Å²) < 4.78 is 31.6. The number of pyridine rings is 1. The van der Waals surface area contributed by atoms with Crippen LogP contribution in [0.5, 0.6) is 0 Å². The van der Waals surface area contributed by atoms with Gasteiger partial charge in [0, 0.05) is 17.8 Å². The van der Waals surface area contributed by atoms with E-state index in [9.17, 15) is 13.7 Å². The lowest BCUT2D eigenvalue weighted by atomic mass is 10.1. The predicted molar refractivity (Wildman–Crippen MR) is 98.1 cm³/mol. The van der Waals surface area contributed by atoms with Gasteiger partial charge in [-0.1, -0.05) is 6.07 Å². The van der Waals surface area contributed by atoms with Crippen molar-refractivity contribution in [3.8, 4) is 17.4 Å². The fourth-order valence-corrected chi connectivity index (χ4v) is 3.06. The quantitative estimate of drug-likeness (QED) is 0.700. The van der Waals surface area contributed by atoms with Crippen LogP contribution in [0.1, 0.15) is 11.5 Å². The van der Waals surface area contributed by atoms with Crippen LogP contribution in [0.15, 0.2) is 70.1 Å². The van der Waals surface area contributed by atoms with Crippen molar-refractivity contribution in [3.63, 3.8) is 0 Å². The predicted octanol–water partition coefficient (Wildman–Crippen LogP) is 3.31. The minimum atomic E-state index is -3.47. The van der Waals surface area contributed by atoms with E-state index in [0.717, 1.165) is 5.56 Å². The van der Waals surface area contributed by atoms with Crippen molar-refractivity contribution in [1.82, 2.24) is 9.71 Å². The van der Waals surface area contributed by atoms with Gasteiger partial charge in [0.2, 0.25) is 10.0 Å². The molecule has 0 atom stereocenters. The van der Waals surface area contributed by atoms with Gasteiger partial charge in [0.25, 0.3) is 0 Å². The molecule has 0 aliphatic heterocycles. The Morgan fingerprint density at radius 1 is 1.15 bits per heavy atom. The number of nitrogens with zero attached hydrogens (tertiary/aromatic N) is 2. The third-order valence-corrected chi connectivity index (χ3v) is 5.12. The molecular weight excluding hydrogens is 350 g/mol. The normalized spacial score (nSPS) is 11.9. The fourth-order valence-electron chi connectivity index (χ4n) is 2.33. The van der Waals surface area contributed by atoms with Gasteiger partial charge in [-0.25, -0.2) is 13.1 Å². The first-order valence-electron chi connectivity index (χ1n) is 7.70. The minimum Gasteiger partial charge on any atom is -0.457 e. The minimum absolute atomic E-state index is 0.178. The third kappa shape index (κ3) is 3.72. The molecule has 3 aromatic rings. The molecule has 0 aliphatic rings. The first-order chi connectivity index (χ1) is 12.5. The number of furan rings is 1. The number of allylic oxidation sites excluding steroid dienone is 1. The van der Waals surface area contributed by atoms with E-state index in [1.807, 2.05) is 6.07 Å². The zero-order valence-corrected chi connectivity index (χ0v) is 14.7. The van der Waals surface area contributed by atoms with E-state index in [0.29, 0.717) is 22.8 Å². The maximum absolute atomic E-state index is 11.8. The van der Waals surface area contributed by atoms with Crippen LogP contribution >= 0.6 is 0 Å². The van der Waals surface area contributed by atoms with E-state index in [-0.39, 0.29) is 4.90 Å². The van der Waals surface area contributed by atoms with Gasteiger partial charge in [-0.3, -0.25) is 4.98 Å². The van der Waals surface area contributed by atoms with Crippen LogP contribution in [-0.2, 0) is 10.0 Å². The van der Waals surface area contributed by atoms with Crippen molar-refractivity contribution in [3.05, 3.63) is 72.2 Å². The molecule has 3 rings (SSSR count). The Kier molecular flexibility index (Phi) is 4.98. The lowest BCUT2D eigenvalue weighted by Gasteiger charge is -2.03. The Hall–Kier alpha value is -3.21. The highest BCUT2D eigenvalue weighted by Crippen LogP contribution is 2.25. The Morgan fingerprint density at radius 2 is 1.92 bits per heavy atom. The van der Waals surface area contributed by atoms with Crippen molar-refractivity contribution in [2.24, 2.45) is 0 Å². The average Bonchev–Trinajstić information content (AvgIpc) is 3.15. The average molecular weight is 365 g/mol. The van der Waals surface area contributed by atoms with Crippen molar-refractivity contribution >= 4 is 21.7 Å². The van der Waals surface area contributed by atoms with Gasteiger partial charge < -0.3 is 4.42 Å². The zero-order chi connectivity index (χ0) is 18.6. The SMILES string of the molecule is CNS(=O)(=O)c1ccc(-c2ccc(/C=C(/C#N)c3ccccn3)o2)cc1. The van der Waals surface area contributed by atoms with Crippen LogP contribution in [0.2, 0.25) is 0 Å². The van der Waals surface area contributed by atoms with Gasteiger partial charge in [-0.2, -0.15) is 5.26 Å². The molecule has 1 N–H and O–H groups in total. The standard InChI is InChI=1S/C19H15N3O3S/c1-21-26(23,24)17-8-5-14(6-9-17)19-10-7-16(25-19)12-15(13-20)18-4-2-3-11-22-18/h2-12,21H,1H3/b15-12-. The second-order valence-corrected chi connectivity index (χ2v) is 7.21. The van der Waals surface area contributed by atoms with Crippen LogP contribution in [-0.4, -0.2) is 20.4 Å². The maximum atomic E-state index is 11.8. The second kappa shape index (κ2) is 7.35. The molecule has 26 heavy (non-hydrogen) atoms. The van der Waals surface area contributed by atoms with Crippen LogP contribution in [0.3, 0.4) is 0 Å². The lowest BCUT2D eigenvalue weighted by Crippen LogP contribution is -2.18. The highest BCUT2D eigenvalue weighted by Gasteiger charge is 2.12. The summed E-state index contributed by atoms with van der Waals surface area (Å²) in [7, 11) is -2.11. The zero-order valence-electron chi connectivity index (χ0n) is 13.9. The maximum Gasteiger partial charge on any atom is 0.240 e. The highest BCUT2D eigenvalue weighted by atomic mass is 32.2. The van der Waals surface area contributed by atoms with Gasteiger partial charge in [0.1, 0.15) is 17.6 Å². The number of hydrogen-bond acceptors (Lipinski definition) is 5. The lowest BCUT2D eigenvalue weighted by molar-refractivity contribution is 0.571. The van der Waals surface area contributed by atoms with Crippen molar-refractivity contribution in [2.45, 2.75) is 4.90 Å². The largest absolute Gasteiger partial charge is 0.457 e. The molecule has 2 aromatic heterocycles.